The minimum atomic E-state index is -4.28. The van der Waals surface area contributed by atoms with E-state index in [1.165, 1.54) is 6.07 Å². The lowest BCUT2D eigenvalue weighted by Crippen LogP contribution is -2.18. The first-order valence-corrected chi connectivity index (χ1v) is 6.23. The smallest absolute Gasteiger partial charge is 0.393 e. The van der Waals surface area contributed by atoms with Gasteiger partial charge in [0.15, 0.2) is 0 Å². The number of alkyl halides is 3. The maximum atomic E-state index is 12.7. The normalized spacial score (nSPS) is 25.2. The monoisotopic (exact) mass is 258 g/mol. The number of benzene rings is 1. The summed E-state index contributed by atoms with van der Waals surface area (Å²) in [5.41, 5.74) is 1.12. The average molecular weight is 258 g/mol. The van der Waals surface area contributed by atoms with Gasteiger partial charge in [0.2, 0.25) is 0 Å². The third-order valence-electron chi connectivity index (χ3n) is 3.74. The molecule has 1 N–H and O–H groups in total. The summed E-state index contributed by atoms with van der Waals surface area (Å²) in [5.74, 6) is 0.149. The van der Waals surface area contributed by atoms with E-state index in [1.807, 2.05) is 6.92 Å². The van der Waals surface area contributed by atoms with E-state index in [0.29, 0.717) is 12.8 Å². The van der Waals surface area contributed by atoms with E-state index in [2.05, 4.69) is 0 Å². The Morgan fingerprint density at radius 2 is 1.72 bits per heavy atom. The van der Waals surface area contributed by atoms with Crippen molar-refractivity contribution < 1.29 is 18.3 Å². The summed E-state index contributed by atoms with van der Waals surface area (Å²) in [6.45, 7) is 1.85. The number of hydrogen-bond donors (Lipinski definition) is 1. The SMILES string of the molecule is Cc1ccc(C(F)(F)F)cc1C1CCC(O)CC1. The highest BCUT2D eigenvalue weighted by Crippen LogP contribution is 2.37. The van der Waals surface area contributed by atoms with Crippen LogP contribution in [0.25, 0.3) is 0 Å². The number of halogens is 3. The first-order valence-electron chi connectivity index (χ1n) is 6.23. The number of rotatable bonds is 1. The topological polar surface area (TPSA) is 20.2 Å². The van der Waals surface area contributed by atoms with Crippen LogP contribution in [0.1, 0.15) is 48.3 Å². The number of aryl methyl sites for hydroxylation is 1. The molecule has 0 aliphatic heterocycles. The van der Waals surface area contributed by atoms with Gasteiger partial charge in [0.25, 0.3) is 0 Å². The molecule has 0 radical (unpaired) electrons. The molecule has 0 saturated heterocycles. The zero-order chi connectivity index (χ0) is 13.3. The van der Waals surface area contributed by atoms with Crippen molar-refractivity contribution in [2.75, 3.05) is 0 Å². The molecule has 1 aliphatic rings. The fourth-order valence-electron chi connectivity index (χ4n) is 2.64. The fourth-order valence-corrected chi connectivity index (χ4v) is 2.64. The molecule has 1 aromatic rings. The molecule has 1 aromatic carbocycles. The van der Waals surface area contributed by atoms with Crippen LogP contribution < -0.4 is 0 Å². The van der Waals surface area contributed by atoms with Crippen LogP contribution in [-0.4, -0.2) is 11.2 Å². The van der Waals surface area contributed by atoms with Crippen LogP contribution in [0.2, 0.25) is 0 Å². The molecule has 18 heavy (non-hydrogen) atoms. The summed E-state index contributed by atoms with van der Waals surface area (Å²) >= 11 is 0. The van der Waals surface area contributed by atoms with Crippen LogP contribution in [0.15, 0.2) is 18.2 Å². The summed E-state index contributed by atoms with van der Waals surface area (Å²) in [6.07, 6.45) is -1.67. The van der Waals surface area contributed by atoms with Gasteiger partial charge in [-0.25, -0.2) is 0 Å². The fraction of sp³-hybridized carbons (Fsp3) is 0.571. The molecular weight excluding hydrogens is 241 g/mol. The molecule has 4 heteroatoms. The Balaban J connectivity index is 2.27. The third-order valence-corrected chi connectivity index (χ3v) is 3.74. The second-order valence-electron chi connectivity index (χ2n) is 5.07. The van der Waals surface area contributed by atoms with E-state index in [0.717, 1.165) is 30.0 Å². The lowest BCUT2D eigenvalue weighted by Gasteiger charge is -2.27. The Kier molecular flexibility index (Phi) is 3.66. The van der Waals surface area contributed by atoms with Crippen molar-refractivity contribution in [2.24, 2.45) is 0 Å². The molecule has 2 rings (SSSR count). The highest BCUT2D eigenvalue weighted by atomic mass is 19.4. The van der Waals surface area contributed by atoms with Crippen molar-refractivity contribution in [3.63, 3.8) is 0 Å². The standard InChI is InChI=1S/C14H17F3O/c1-9-2-5-11(14(15,16)17)8-13(9)10-3-6-12(18)7-4-10/h2,5,8,10,12,18H,3-4,6-7H2,1H3. The molecule has 1 fully saturated rings. The van der Waals surface area contributed by atoms with Gasteiger partial charge in [0.1, 0.15) is 0 Å². The Labute approximate surface area is 105 Å². The minimum absolute atomic E-state index is 0.149. The molecule has 1 saturated carbocycles. The zero-order valence-corrected chi connectivity index (χ0v) is 10.3. The van der Waals surface area contributed by atoms with Gasteiger partial charge < -0.3 is 5.11 Å². The first kappa shape index (κ1) is 13.4. The van der Waals surface area contributed by atoms with E-state index in [-0.39, 0.29) is 12.0 Å². The van der Waals surface area contributed by atoms with Crippen molar-refractivity contribution in [3.8, 4) is 0 Å². The van der Waals surface area contributed by atoms with Gasteiger partial charge in [-0.3, -0.25) is 0 Å². The number of hydrogen-bond acceptors (Lipinski definition) is 1. The van der Waals surface area contributed by atoms with Gasteiger partial charge in [-0.15, -0.1) is 0 Å². The summed E-state index contributed by atoms with van der Waals surface area (Å²) in [7, 11) is 0. The second kappa shape index (κ2) is 4.92. The van der Waals surface area contributed by atoms with Crippen molar-refractivity contribution >= 4 is 0 Å². The van der Waals surface area contributed by atoms with Gasteiger partial charge in [-0.05, 0) is 61.8 Å². The number of aliphatic hydroxyl groups is 1. The van der Waals surface area contributed by atoms with E-state index >= 15 is 0 Å². The lowest BCUT2D eigenvalue weighted by molar-refractivity contribution is -0.137. The molecule has 0 unspecified atom stereocenters. The van der Waals surface area contributed by atoms with Gasteiger partial charge >= 0.3 is 6.18 Å². The number of aliphatic hydroxyl groups excluding tert-OH is 1. The predicted molar refractivity (Wildman–Crippen MR) is 63.4 cm³/mol. The Morgan fingerprint density at radius 1 is 1.11 bits per heavy atom. The molecule has 0 heterocycles. The Bertz CT molecular complexity index is 418. The van der Waals surface area contributed by atoms with Gasteiger partial charge in [0, 0.05) is 0 Å². The van der Waals surface area contributed by atoms with Gasteiger partial charge in [0.05, 0.1) is 11.7 Å². The minimum Gasteiger partial charge on any atom is -0.393 e. The molecule has 0 amide bonds. The highest BCUT2D eigenvalue weighted by Gasteiger charge is 2.32. The van der Waals surface area contributed by atoms with E-state index in [9.17, 15) is 18.3 Å². The van der Waals surface area contributed by atoms with Crippen LogP contribution in [0.5, 0.6) is 0 Å². The lowest BCUT2D eigenvalue weighted by atomic mass is 9.80. The second-order valence-corrected chi connectivity index (χ2v) is 5.07. The predicted octanol–water partition coefficient (Wildman–Crippen LogP) is 4.03. The van der Waals surface area contributed by atoms with Crippen molar-refractivity contribution in [1.82, 2.24) is 0 Å². The molecule has 0 bridgehead atoms. The van der Waals surface area contributed by atoms with E-state index in [1.54, 1.807) is 6.07 Å². The van der Waals surface area contributed by atoms with Crippen LogP contribution in [0, 0.1) is 6.92 Å². The molecule has 1 nitrogen and oxygen atoms in total. The summed E-state index contributed by atoms with van der Waals surface area (Å²) < 4.78 is 38.1. The molecule has 0 spiro atoms. The molecule has 0 aromatic heterocycles. The highest BCUT2D eigenvalue weighted by molar-refractivity contribution is 5.35. The van der Waals surface area contributed by atoms with Crippen molar-refractivity contribution in [2.45, 2.75) is 50.8 Å². The Hall–Kier alpha value is -1.03. The average Bonchev–Trinajstić information content (AvgIpc) is 2.29. The quantitative estimate of drug-likeness (QED) is 0.806. The van der Waals surface area contributed by atoms with E-state index < -0.39 is 11.7 Å². The maximum absolute atomic E-state index is 12.7. The zero-order valence-electron chi connectivity index (χ0n) is 10.3. The summed E-state index contributed by atoms with van der Waals surface area (Å²) in [5, 5.41) is 9.45. The summed E-state index contributed by atoms with van der Waals surface area (Å²) in [4.78, 5) is 0. The summed E-state index contributed by atoms with van der Waals surface area (Å²) in [6, 6.07) is 3.96. The molecule has 1 aliphatic carbocycles. The van der Waals surface area contributed by atoms with E-state index in [4.69, 9.17) is 0 Å². The van der Waals surface area contributed by atoms with Crippen LogP contribution in [0.4, 0.5) is 13.2 Å². The third kappa shape index (κ3) is 2.86. The van der Waals surface area contributed by atoms with Crippen molar-refractivity contribution in [1.29, 1.82) is 0 Å². The maximum Gasteiger partial charge on any atom is 0.416 e. The largest absolute Gasteiger partial charge is 0.416 e. The van der Waals surface area contributed by atoms with Crippen LogP contribution >= 0.6 is 0 Å². The van der Waals surface area contributed by atoms with Gasteiger partial charge in [-0.1, -0.05) is 6.07 Å². The van der Waals surface area contributed by atoms with Crippen LogP contribution in [-0.2, 0) is 6.18 Å². The molecule has 0 atom stereocenters. The first-order chi connectivity index (χ1) is 8.38. The van der Waals surface area contributed by atoms with Gasteiger partial charge in [-0.2, -0.15) is 13.2 Å². The Morgan fingerprint density at radius 3 is 2.28 bits per heavy atom. The molecular formula is C14H17F3O. The molecule has 100 valence electrons. The van der Waals surface area contributed by atoms with Crippen molar-refractivity contribution in [3.05, 3.63) is 34.9 Å². The van der Waals surface area contributed by atoms with Crippen LogP contribution in [0.3, 0.4) is 0 Å².